The molecule has 2 amide bonds. The molecule has 1 aliphatic carbocycles. The van der Waals surface area contributed by atoms with Crippen LogP contribution in [0.3, 0.4) is 0 Å². The smallest absolute Gasteiger partial charge is 0.328 e. The van der Waals surface area contributed by atoms with Crippen LogP contribution in [0.25, 0.3) is 28.2 Å². The van der Waals surface area contributed by atoms with Crippen LogP contribution >= 0.6 is 0 Å². The average molecular weight is 664 g/mol. The van der Waals surface area contributed by atoms with Crippen LogP contribution in [-0.2, 0) is 20.9 Å². The first-order valence-electron chi connectivity index (χ1n) is 17.1. The third-order valence-corrected chi connectivity index (χ3v) is 10.1. The number of nitrogens with one attached hydrogen (secondary N) is 2. The molecule has 7 rings (SSSR count). The molecule has 0 spiro atoms. The summed E-state index contributed by atoms with van der Waals surface area (Å²) in [5, 5.41) is 16.1. The predicted molar refractivity (Wildman–Crippen MR) is 187 cm³/mol. The van der Waals surface area contributed by atoms with Crippen molar-refractivity contribution < 1.29 is 33.7 Å². The molecule has 4 aromatic rings. The summed E-state index contributed by atoms with van der Waals surface area (Å²) in [7, 11) is 1.66. The lowest BCUT2D eigenvalue weighted by Crippen LogP contribution is -2.59. The van der Waals surface area contributed by atoms with Gasteiger partial charge in [0.2, 0.25) is 5.91 Å². The summed E-state index contributed by atoms with van der Waals surface area (Å²) in [5.41, 5.74) is 5.04. The van der Waals surface area contributed by atoms with Gasteiger partial charge in [0, 0.05) is 65.9 Å². The maximum Gasteiger partial charge on any atom is 0.328 e. The fourth-order valence-corrected chi connectivity index (χ4v) is 7.55. The zero-order valence-electron chi connectivity index (χ0n) is 27.6. The number of hydrogen-bond acceptors (Lipinski definition) is 6. The largest absolute Gasteiger partial charge is 0.497 e. The molecule has 254 valence electrons. The Morgan fingerprint density at radius 1 is 0.959 bits per heavy atom. The Morgan fingerprint density at radius 2 is 1.73 bits per heavy atom. The van der Waals surface area contributed by atoms with Gasteiger partial charge in [0.25, 0.3) is 5.91 Å². The van der Waals surface area contributed by atoms with E-state index in [0.717, 1.165) is 52.6 Å². The summed E-state index contributed by atoms with van der Waals surface area (Å²) in [4.78, 5) is 38.8. The summed E-state index contributed by atoms with van der Waals surface area (Å²) < 4.78 is 19.7. The number of nitrogens with zero attached hydrogens (tertiary/aromatic N) is 1. The van der Waals surface area contributed by atoms with Crippen LogP contribution in [0.2, 0.25) is 0 Å². The summed E-state index contributed by atoms with van der Waals surface area (Å²) in [5.74, 6) is 0.285. The Labute approximate surface area is 285 Å². The van der Waals surface area contributed by atoms with E-state index in [-0.39, 0.29) is 11.8 Å². The van der Waals surface area contributed by atoms with Crippen molar-refractivity contribution in [2.24, 2.45) is 0 Å². The number of carbonyl (C=O) groups excluding carboxylic acids is 2. The van der Waals surface area contributed by atoms with E-state index >= 15 is 0 Å². The van der Waals surface area contributed by atoms with Crippen molar-refractivity contribution in [3.05, 3.63) is 83.4 Å². The molecule has 1 aromatic heterocycles. The number of ether oxygens (including phenoxy) is 3. The highest BCUT2D eigenvalue weighted by Gasteiger charge is 2.42. The maximum absolute atomic E-state index is 14.1. The number of anilines is 1. The first kappa shape index (κ1) is 32.5. The first-order chi connectivity index (χ1) is 23.8. The Balaban J connectivity index is 1.21. The van der Waals surface area contributed by atoms with Crippen molar-refractivity contribution in [1.29, 1.82) is 0 Å². The van der Waals surface area contributed by atoms with Gasteiger partial charge in [-0.25, -0.2) is 4.79 Å². The third kappa shape index (κ3) is 6.53. The average Bonchev–Trinajstić information content (AvgIpc) is 3.32. The molecule has 3 aromatic carbocycles. The molecule has 1 saturated heterocycles. The first-order valence-corrected chi connectivity index (χ1v) is 17.1. The summed E-state index contributed by atoms with van der Waals surface area (Å²) in [6.45, 7) is 1.80. The molecule has 2 aliphatic heterocycles. The van der Waals surface area contributed by atoms with Gasteiger partial charge >= 0.3 is 5.97 Å². The molecule has 0 radical (unpaired) electrons. The van der Waals surface area contributed by atoms with Gasteiger partial charge in [0.15, 0.2) is 0 Å². The van der Waals surface area contributed by atoms with Crippen molar-refractivity contribution in [3.8, 4) is 22.8 Å². The number of benzene rings is 3. The quantitative estimate of drug-likeness (QED) is 0.178. The summed E-state index contributed by atoms with van der Waals surface area (Å²) >= 11 is 0. The number of aliphatic carboxylic acids is 1. The predicted octanol–water partition coefficient (Wildman–Crippen LogP) is 6.77. The minimum absolute atomic E-state index is 0.320. The van der Waals surface area contributed by atoms with Crippen molar-refractivity contribution in [2.45, 2.75) is 62.9 Å². The molecule has 3 heterocycles. The maximum atomic E-state index is 14.1. The van der Waals surface area contributed by atoms with Gasteiger partial charge in [0.05, 0.1) is 19.3 Å². The van der Waals surface area contributed by atoms with Crippen molar-refractivity contribution >= 4 is 40.4 Å². The van der Waals surface area contributed by atoms with Crippen molar-refractivity contribution in [3.63, 3.8) is 0 Å². The zero-order chi connectivity index (χ0) is 34.0. The van der Waals surface area contributed by atoms with Crippen LogP contribution in [0.5, 0.6) is 11.5 Å². The number of rotatable bonds is 8. The number of methoxy groups -OCH3 is 1. The molecule has 3 N–H and O–H groups in total. The number of carboxylic acids is 1. The number of hydrogen-bond donors (Lipinski definition) is 3. The Bertz CT molecular complexity index is 1920. The molecule has 1 saturated carbocycles. The second-order valence-electron chi connectivity index (χ2n) is 13.1. The topological polar surface area (TPSA) is 128 Å². The molecule has 2 fully saturated rings. The van der Waals surface area contributed by atoms with E-state index in [9.17, 15) is 14.4 Å². The second-order valence-corrected chi connectivity index (χ2v) is 13.1. The number of amides is 2. The van der Waals surface area contributed by atoms with Gasteiger partial charge < -0.3 is 34.5 Å². The van der Waals surface area contributed by atoms with E-state index in [1.807, 2.05) is 24.3 Å². The fraction of sp³-hybridized carbons (Fsp3) is 0.359. The van der Waals surface area contributed by atoms with E-state index in [1.165, 1.54) is 30.9 Å². The van der Waals surface area contributed by atoms with Crippen LogP contribution in [0.1, 0.15) is 72.3 Å². The standard InChI is InChI=1S/C39H41N3O7/c1-47-29-13-15-31-33(24-29)49-22-19-42-32-23-27(10-14-30(32)35(36(31)42)26-5-3-2-4-6-26)37(45)41-39(17-20-48-21-18-39)38(46)40-28-11-7-25(8-12-28)9-16-34(43)44/h7-16,23-24,26H,2-6,17-22H2,1H3,(H,40,46)(H,41,45)(H,43,44). The minimum Gasteiger partial charge on any atom is -0.497 e. The third-order valence-electron chi connectivity index (χ3n) is 10.1. The SMILES string of the molecule is COc1ccc2c(c1)OCCn1c-2c(C2CCCCC2)c2ccc(C(=O)NC3(C(=O)Nc4ccc(C=CC(=O)O)cc4)CCOCC3)cc21. The molecule has 49 heavy (non-hydrogen) atoms. The monoisotopic (exact) mass is 663 g/mol. The number of carboxylic acid groups (broad SMARTS) is 1. The number of aromatic nitrogens is 1. The van der Waals surface area contributed by atoms with Gasteiger partial charge in [-0.15, -0.1) is 0 Å². The van der Waals surface area contributed by atoms with Gasteiger partial charge in [-0.3, -0.25) is 9.59 Å². The highest BCUT2D eigenvalue weighted by Crippen LogP contribution is 2.47. The molecule has 10 heteroatoms. The Hall–Kier alpha value is -5.09. The molecule has 3 aliphatic rings. The lowest BCUT2D eigenvalue weighted by Gasteiger charge is -2.36. The van der Waals surface area contributed by atoms with Gasteiger partial charge in [-0.2, -0.15) is 0 Å². The second kappa shape index (κ2) is 13.8. The van der Waals surface area contributed by atoms with Crippen LogP contribution in [-0.4, -0.2) is 59.9 Å². The van der Waals surface area contributed by atoms with E-state index in [2.05, 4.69) is 27.3 Å². The molecule has 0 bridgehead atoms. The molecular formula is C39H41N3O7. The van der Waals surface area contributed by atoms with Gasteiger partial charge in [0.1, 0.15) is 23.6 Å². The van der Waals surface area contributed by atoms with Crippen LogP contribution in [0, 0.1) is 0 Å². The number of fused-ring (bicyclic) bond motifs is 5. The van der Waals surface area contributed by atoms with E-state index in [0.29, 0.717) is 61.9 Å². The van der Waals surface area contributed by atoms with Crippen LogP contribution in [0.15, 0.2) is 66.7 Å². The normalized spacial score (nSPS) is 17.4. The minimum atomic E-state index is -1.17. The van der Waals surface area contributed by atoms with E-state index in [1.54, 1.807) is 31.4 Å². The van der Waals surface area contributed by atoms with Gasteiger partial charge in [-0.05, 0) is 72.4 Å². The highest BCUT2D eigenvalue weighted by atomic mass is 16.5. The molecule has 0 unspecified atom stereocenters. The number of carbonyl (C=O) groups is 3. The van der Waals surface area contributed by atoms with Crippen molar-refractivity contribution in [1.82, 2.24) is 9.88 Å². The molecule has 0 atom stereocenters. The van der Waals surface area contributed by atoms with E-state index in [4.69, 9.17) is 19.3 Å². The highest BCUT2D eigenvalue weighted by molar-refractivity contribution is 6.06. The van der Waals surface area contributed by atoms with Crippen LogP contribution in [0.4, 0.5) is 5.69 Å². The summed E-state index contributed by atoms with van der Waals surface area (Å²) in [6, 6.07) is 18.8. The van der Waals surface area contributed by atoms with Crippen molar-refractivity contribution in [2.75, 3.05) is 32.2 Å². The van der Waals surface area contributed by atoms with Crippen LogP contribution < -0.4 is 20.1 Å². The molecular weight excluding hydrogens is 622 g/mol. The Kier molecular flexibility index (Phi) is 9.14. The lowest BCUT2D eigenvalue weighted by molar-refractivity contribution is -0.131. The summed E-state index contributed by atoms with van der Waals surface area (Å²) in [6.07, 6.45) is 9.10. The zero-order valence-corrected chi connectivity index (χ0v) is 27.6. The fourth-order valence-electron chi connectivity index (χ4n) is 7.55. The van der Waals surface area contributed by atoms with Gasteiger partial charge in [-0.1, -0.05) is 37.5 Å². The molecule has 10 nitrogen and oxygen atoms in total. The Morgan fingerprint density at radius 3 is 2.47 bits per heavy atom. The van der Waals surface area contributed by atoms with E-state index < -0.39 is 11.5 Å². The lowest BCUT2D eigenvalue weighted by atomic mass is 9.81.